The van der Waals surface area contributed by atoms with E-state index in [1.165, 1.54) is 44.9 Å². The standard InChI is InChI=1S/C14H28/c1-5-14(6-2)12-10-8-7-9-11-13(3)4/h12-13H,5-11H2,1-4H3. The molecule has 0 bridgehead atoms. The van der Waals surface area contributed by atoms with Crippen LogP contribution in [0.4, 0.5) is 0 Å². The minimum absolute atomic E-state index is 0.882. The summed E-state index contributed by atoms with van der Waals surface area (Å²) >= 11 is 0. The fourth-order valence-corrected chi connectivity index (χ4v) is 1.72. The minimum Gasteiger partial charge on any atom is -0.0854 e. The van der Waals surface area contributed by atoms with Crippen molar-refractivity contribution in [1.29, 1.82) is 0 Å². The molecule has 0 rings (SSSR count). The van der Waals surface area contributed by atoms with Crippen molar-refractivity contribution in [3.05, 3.63) is 11.6 Å². The number of allylic oxidation sites excluding steroid dienone is 2. The lowest BCUT2D eigenvalue weighted by molar-refractivity contribution is 0.528. The van der Waals surface area contributed by atoms with Gasteiger partial charge < -0.3 is 0 Å². The fourth-order valence-electron chi connectivity index (χ4n) is 1.72. The topological polar surface area (TPSA) is 0 Å². The average molecular weight is 196 g/mol. The highest BCUT2D eigenvalue weighted by Crippen LogP contribution is 2.12. The first-order chi connectivity index (χ1) is 6.70. The second-order valence-corrected chi connectivity index (χ2v) is 4.60. The summed E-state index contributed by atoms with van der Waals surface area (Å²) in [6.07, 6.45) is 11.8. The lowest BCUT2D eigenvalue weighted by Crippen LogP contribution is -1.86. The summed E-state index contributed by atoms with van der Waals surface area (Å²) in [5.74, 6) is 0.882. The molecule has 0 N–H and O–H groups in total. The molecule has 0 nitrogen and oxygen atoms in total. The molecule has 0 heterocycles. The molecule has 0 spiro atoms. The zero-order valence-electron chi connectivity index (χ0n) is 10.6. The van der Waals surface area contributed by atoms with E-state index in [9.17, 15) is 0 Å². The maximum absolute atomic E-state index is 2.45. The van der Waals surface area contributed by atoms with Crippen LogP contribution in [0.25, 0.3) is 0 Å². The number of hydrogen-bond donors (Lipinski definition) is 0. The van der Waals surface area contributed by atoms with Gasteiger partial charge in [-0.2, -0.15) is 0 Å². The molecule has 0 aromatic rings. The molecule has 0 amide bonds. The van der Waals surface area contributed by atoms with Crippen molar-refractivity contribution in [3.8, 4) is 0 Å². The van der Waals surface area contributed by atoms with E-state index in [-0.39, 0.29) is 0 Å². The van der Waals surface area contributed by atoms with Gasteiger partial charge in [0.1, 0.15) is 0 Å². The lowest BCUT2D eigenvalue weighted by atomic mass is 10.0. The number of hydrogen-bond acceptors (Lipinski definition) is 0. The third-order valence-corrected chi connectivity index (χ3v) is 2.83. The van der Waals surface area contributed by atoms with Gasteiger partial charge in [-0.3, -0.25) is 0 Å². The molecule has 0 saturated carbocycles. The van der Waals surface area contributed by atoms with Gasteiger partial charge in [0.15, 0.2) is 0 Å². The van der Waals surface area contributed by atoms with Gasteiger partial charge >= 0.3 is 0 Å². The normalized spacial score (nSPS) is 10.6. The van der Waals surface area contributed by atoms with Gasteiger partial charge in [-0.1, -0.05) is 58.6 Å². The van der Waals surface area contributed by atoms with E-state index in [1.807, 2.05) is 0 Å². The van der Waals surface area contributed by atoms with Crippen molar-refractivity contribution in [2.45, 2.75) is 72.6 Å². The Morgan fingerprint density at radius 3 is 2.14 bits per heavy atom. The quantitative estimate of drug-likeness (QED) is 0.363. The Kier molecular flexibility index (Phi) is 9.13. The van der Waals surface area contributed by atoms with Crippen molar-refractivity contribution in [1.82, 2.24) is 0 Å². The highest BCUT2D eigenvalue weighted by atomic mass is 14.0. The second kappa shape index (κ2) is 9.30. The van der Waals surface area contributed by atoms with Crippen LogP contribution in [0.15, 0.2) is 11.6 Å². The Labute approximate surface area is 90.8 Å². The molecular weight excluding hydrogens is 168 g/mol. The van der Waals surface area contributed by atoms with Gasteiger partial charge in [-0.05, 0) is 31.6 Å². The van der Waals surface area contributed by atoms with Gasteiger partial charge in [0.25, 0.3) is 0 Å². The Hall–Kier alpha value is -0.260. The predicted octanol–water partition coefficient (Wildman–Crippen LogP) is 5.34. The Morgan fingerprint density at radius 1 is 1.00 bits per heavy atom. The Balaban J connectivity index is 3.32. The molecule has 14 heavy (non-hydrogen) atoms. The van der Waals surface area contributed by atoms with Crippen LogP contribution in [0.3, 0.4) is 0 Å². The third-order valence-electron chi connectivity index (χ3n) is 2.83. The van der Waals surface area contributed by atoms with E-state index in [4.69, 9.17) is 0 Å². The van der Waals surface area contributed by atoms with Gasteiger partial charge in [0.05, 0.1) is 0 Å². The minimum atomic E-state index is 0.882. The van der Waals surface area contributed by atoms with E-state index in [0.29, 0.717) is 0 Å². The molecule has 0 aromatic heterocycles. The SMILES string of the molecule is CCC(=CCCCCCC(C)C)CC. The highest BCUT2D eigenvalue weighted by Gasteiger charge is 1.94. The van der Waals surface area contributed by atoms with E-state index < -0.39 is 0 Å². The van der Waals surface area contributed by atoms with Crippen molar-refractivity contribution in [3.63, 3.8) is 0 Å². The number of unbranched alkanes of at least 4 members (excludes halogenated alkanes) is 3. The summed E-state index contributed by atoms with van der Waals surface area (Å²) in [5, 5.41) is 0. The smallest absolute Gasteiger partial charge is 0.0348 e. The third kappa shape index (κ3) is 8.34. The first kappa shape index (κ1) is 13.7. The maximum atomic E-state index is 2.45. The zero-order chi connectivity index (χ0) is 10.8. The molecule has 0 atom stereocenters. The molecule has 0 radical (unpaired) electrons. The van der Waals surface area contributed by atoms with E-state index in [1.54, 1.807) is 5.57 Å². The van der Waals surface area contributed by atoms with Gasteiger partial charge in [-0.25, -0.2) is 0 Å². The van der Waals surface area contributed by atoms with Crippen molar-refractivity contribution >= 4 is 0 Å². The van der Waals surface area contributed by atoms with Crippen LogP contribution in [0.5, 0.6) is 0 Å². The largest absolute Gasteiger partial charge is 0.0854 e. The molecule has 0 aliphatic rings. The van der Waals surface area contributed by atoms with Crippen molar-refractivity contribution < 1.29 is 0 Å². The van der Waals surface area contributed by atoms with Crippen LogP contribution in [-0.2, 0) is 0 Å². The molecule has 84 valence electrons. The first-order valence-corrected chi connectivity index (χ1v) is 6.38. The Morgan fingerprint density at radius 2 is 1.64 bits per heavy atom. The van der Waals surface area contributed by atoms with Crippen LogP contribution in [0, 0.1) is 5.92 Å². The molecule has 0 aromatic carbocycles. The summed E-state index contributed by atoms with van der Waals surface area (Å²) < 4.78 is 0. The first-order valence-electron chi connectivity index (χ1n) is 6.38. The molecule has 0 saturated heterocycles. The molecule has 0 aliphatic heterocycles. The highest BCUT2D eigenvalue weighted by molar-refractivity contribution is 4.99. The van der Waals surface area contributed by atoms with Crippen molar-refractivity contribution in [2.75, 3.05) is 0 Å². The molecule has 0 fully saturated rings. The number of rotatable bonds is 8. The fraction of sp³-hybridized carbons (Fsp3) is 0.857. The van der Waals surface area contributed by atoms with Gasteiger partial charge in [0, 0.05) is 0 Å². The molecule has 0 aliphatic carbocycles. The molecule has 0 unspecified atom stereocenters. The summed E-state index contributed by atoms with van der Waals surface area (Å²) in [4.78, 5) is 0. The van der Waals surface area contributed by atoms with Crippen LogP contribution in [0.1, 0.15) is 72.6 Å². The lowest BCUT2D eigenvalue weighted by Gasteiger charge is -2.03. The van der Waals surface area contributed by atoms with E-state index in [0.717, 1.165) is 5.92 Å². The Bertz CT molecular complexity index is 136. The average Bonchev–Trinajstić information content (AvgIpc) is 2.16. The van der Waals surface area contributed by atoms with Crippen molar-refractivity contribution in [2.24, 2.45) is 5.92 Å². The van der Waals surface area contributed by atoms with Gasteiger partial charge in [0.2, 0.25) is 0 Å². The molecular formula is C14H28. The van der Waals surface area contributed by atoms with Crippen LogP contribution < -0.4 is 0 Å². The summed E-state index contributed by atoms with van der Waals surface area (Å²) in [5.41, 5.74) is 1.63. The zero-order valence-corrected chi connectivity index (χ0v) is 10.6. The summed E-state index contributed by atoms with van der Waals surface area (Å²) in [6, 6.07) is 0. The van der Waals surface area contributed by atoms with Crippen LogP contribution in [0.2, 0.25) is 0 Å². The predicted molar refractivity (Wildman–Crippen MR) is 66.6 cm³/mol. The molecule has 0 heteroatoms. The van der Waals surface area contributed by atoms with Gasteiger partial charge in [-0.15, -0.1) is 0 Å². The summed E-state index contributed by atoms with van der Waals surface area (Å²) in [6.45, 7) is 9.14. The second-order valence-electron chi connectivity index (χ2n) is 4.60. The maximum Gasteiger partial charge on any atom is -0.0348 e. The summed E-state index contributed by atoms with van der Waals surface area (Å²) in [7, 11) is 0. The van der Waals surface area contributed by atoms with E-state index in [2.05, 4.69) is 33.8 Å². The van der Waals surface area contributed by atoms with Crippen LogP contribution >= 0.6 is 0 Å². The van der Waals surface area contributed by atoms with Crippen LogP contribution in [-0.4, -0.2) is 0 Å². The van der Waals surface area contributed by atoms with E-state index >= 15 is 0 Å². The monoisotopic (exact) mass is 196 g/mol.